The largest absolute Gasteiger partial charge is 0.321 e. The van der Waals surface area contributed by atoms with Crippen LogP contribution >= 0.6 is 11.3 Å². The Balaban J connectivity index is 1.73. The van der Waals surface area contributed by atoms with Gasteiger partial charge in [-0.3, -0.25) is 9.59 Å². The summed E-state index contributed by atoms with van der Waals surface area (Å²) in [6.07, 6.45) is 3.13. The highest BCUT2D eigenvalue weighted by atomic mass is 32.1. The summed E-state index contributed by atoms with van der Waals surface area (Å²) in [6, 6.07) is 16.3. The van der Waals surface area contributed by atoms with Crippen LogP contribution in [0.15, 0.2) is 72.1 Å². The molecule has 130 valence electrons. The molecule has 0 atom stereocenters. The Morgan fingerprint density at radius 3 is 2.27 bits per heavy atom. The van der Waals surface area contributed by atoms with Crippen molar-refractivity contribution >= 4 is 40.6 Å². The lowest BCUT2D eigenvalue weighted by atomic mass is 10.2. The first-order valence-electron chi connectivity index (χ1n) is 7.81. The third-order valence-corrected chi connectivity index (χ3v) is 4.33. The molecule has 1 aromatic heterocycles. The summed E-state index contributed by atoms with van der Waals surface area (Å²) in [6.45, 7) is 0. The molecule has 0 unspecified atom stereocenters. The fraction of sp³-hybridized carbons (Fsp3) is 0. The van der Waals surface area contributed by atoms with E-state index in [0.29, 0.717) is 11.4 Å². The topological polar surface area (TPSA) is 58.2 Å². The number of anilines is 2. The lowest BCUT2D eigenvalue weighted by Gasteiger charge is -2.11. The standard InChI is InChI=1S/C20H15FN2O2S/c21-16-8-2-1-7-15(16)20(25)23-18-10-4-3-9-17(18)22-19(24)12-11-14-6-5-13-26-14/h1-13H,(H,22,24)(H,23,25). The summed E-state index contributed by atoms with van der Waals surface area (Å²) in [5, 5.41) is 7.26. The van der Waals surface area contributed by atoms with Gasteiger partial charge in [0.2, 0.25) is 5.91 Å². The molecule has 0 aliphatic heterocycles. The number of hydrogen-bond acceptors (Lipinski definition) is 3. The summed E-state index contributed by atoms with van der Waals surface area (Å²) >= 11 is 1.52. The van der Waals surface area contributed by atoms with Crippen molar-refractivity contribution in [3.8, 4) is 0 Å². The smallest absolute Gasteiger partial charge is 0.258 e. The number of nitrogens with one attached hydrogen (secondary N) is 2. The second-order valence-corrected chi connectivity index (χ2v) is 6.30. The van der Waals surface area contributed by atoms with Gasteiger partial charge >= 0.3 is 0 Å². The Kier molecular flexibility index (Phi) is 5.56. The van der Waals surface area contributed by atoms with E-state index in [4.69, 9.17) is 0 Å². The van der Waals surface area contributed by atoms with E-state index >= 15 is 0 Å². The Morgan fingerprint density at radius 1 is 0.885 bits per heavy atom. The minimum Gasteiger partial charge on any atom is -0.321 e. The number of para-hydroxylation sites is 2. The van der Waals surface area contributed by atoms with E-state index in [-0.39, 0.29) is 11.5 Å². The summed E-state index contributed by atoms with van der Waals surface area (Å²) in [7, 11) is 0. The second-order valence-electron chi connectivity index (χ2n) is 5.32. The van der Waals surface area contributed by atoms with Gasteiger partial charge in [0.15, 0.2) is 0 Å². The maximum absolute atomic E-state index is 13.7. The summed E-state index contributed by atoms with van der Waals surface area (Å²) in [5.74, 6) is -1.52. The second kappa shape index (κ2) is 8.22. The summed E-state index contributed by atoms with van der Waals surface area (Å²) < 4.78 is 13.7. The molecule has 0 fully saturated rings. The summed E-state index contributed by atoms with van der Waals surface area (Å²) in [4.78, 5) is 25.3. The quantitative estimate of drug-likeness (QED) is 0.638. The number of halogens is 1. The predicted octanol–water partition coefficient (Wildman–Crippen LogP) is 4.79. The van der Waals surface area contributed by atoms with Crippen LogP contribution in [0.25, 0.3) is 6.08 Å². The molecule has 0 aliphatic carbocycles. The molecule has 6 heteroatoms. The van der Waals surface area contributed by atoms with Crippen molar-refractivity contribution in [1.82, 2.24) is 0 Å². The van der Waals surface area contributed by atoms with Crippen LogP contribution in [-0.4, -0.2) is 11.8 Å². The van der Waals surface area contributed by atoms with Crippen LogP contribution in [0.3, 0.4) is 0 Å². The number of carbonyl (C=O) groups is 2. The van der Waals surface area contributed by atoms with E-state index in [9.17, 15) is 14.0 Å². The average molecular weight is 366 g/mol. The van der Waals surface area contributed by atoms with E-state index in [1.807, 2.05) is 17.5 Å². The normalized spacial score (nSPS) is 10.7. The molecule has 0 saturated carbocycles. The fourth-order valence-corrected chi connectivity index (χ4v) is 2.87. The van der Waals surface area contributed by atoms with E-state index in [1.54, 1.807) is 36.4 Å². The van der Waals surface area contributed by atoms with Gasteiger partial charge in [0.25, 0.3) is 5.91 Å². The molecule has 3 aromatic rings. The minimum absolute atomic E-state index is 0.0637. The van der Waals surface area contributed by atoms with Gasteiger partial charge in [0.05, 0.1) is 16.9 Å². The highest BCUT2D eigenvalue weighted by Crippen LogP contribution is 2.22. The van der Waals surface area contributed by atoms with Crippen molar-refractivity contribution in [2.45, 2.75) is 0 Å². The van der Waals surface area contributed by atoms with Crippen LogP contribution in [0, 0.1) is 5.82 Å². The molecule has 0 aliphatic rings. The maximum Gasteiger partial charge on any atom is 0.258 e. The molecular formula is C20H15FN2O2S. The Morgan fingerprint density at radius 2 is 1.58 bits per heavy atom. The fourth-order valence-electron chi connectivity index (χ4n) is 2.25. The van der Waals surface area contributed by atoms with Gasteiger partial charge in [-0.2, -0.15) is 0 Å². The van der Waals surface area contributed by atoms with Gasteiger partial charge in [-0.15, -0.1) is 11.3 Å². The van der Waals surface area contributed by atoms with Crippen molar-refractivity contribution in [3.05, 3.63) is 88.4 Å². The van der Waals surface area contributed by atoms with Crippen LogP contribution < -0.4 is 10.6 Å². The van der Waals surface area contributed by atoms with Gasteiger partial charge in [0.1, 0.15) is 5.82 Å². The Bertz CT molecular complexity index is 952. The van der Waals surface area contributed by atoms with Crippen LogP contribution in [0.1, 0.15) is 15.2 Å². The molecule has 4 nitrogen and oxygen atoms in total. The minimum atomic E-state index is -0.606. The molecule has 3 rings (SSSR count). The Labute approximate surface area is 154 Å². The average Bonchev–Trinajstić information content (AvgIpc) is 3.15. The van der Waals surface area contributed by atoms with Gasteiger partial charge in [0, 0.05) is 11.0 Å². The van der Waals surface area contributed by atoms with Gasteiger partial charge in [-0.1, -0.05) is 30.3 Å². The van der Waals surface area contributed by atoms with Crippen molar-refractivity contribution in [2.24, 2.45) is 0 Å². The molecule has 2 amide bonds. The van der Waals surface area contributed by atoms with E-state index in [1.165, 1.54) is 35.6 Å². The Hall–Kier alpha value is -3.25. The molecule has 0 saturated heterocycles. The van der Waals surface area contributed by atoms with Crippen LogP contribution in [0.2, 0.25) is 0 Å². The van der Waals surface area contributed by atoms with Gasteiger partial charge in [-0.25, -0.2) is 4.39 Å². The molecule has 2 aromatic carbocycles. The molecule has 26 heavy (non-hydrogen) atoms. The predicted molar refractivity (Wildman–Crippen MR) is 103 cm³/mol. The van der Waals surface area contributed by atoms with Crippen molar-refractivity contribution in [2.75, 3.05) is 10.6 Å². The third-order valence-electron chi connectivity index (χ3n) is 3.49. The number of amides is 2. The van der Waals surface area contributed by atoms with Crippen LogP contribution in [-0.2, 0) is 4.79 Å². The molecule has 0 bridgehead atoms. The molecule has 0 spiro atoms. The highest BCUT2D eigenvalue weighted by Gasteiger charge is 2.13. The lowest BCUT2D eigenvalue weighted by Crippen LogP contribution is -2.16. The van der Waals surface area contributed by atoms with Gasteiger partial charge in [-0.05, 0) is 41.8 Å². The molecule has 2 N–H and O–H groups in total. The number of thiophene rings is 1. The van der Waals surface area contributed by atoms with Crippen molar-refractivity contribution < 1.29 is 14.0 Å². The van der Waals surface area contributed by atoms with E-state index < -0.39 is 11.7 Å². The SMILES string of the molecule is O=C(C=Cc1cccs1)Nc1ccccc1NC(=O)c1ccccc1F. The summed E-state index contributed by atoms with van der Waals surface area (Å²) in [5.41, 5.74) is 0.753. The highest BCUT2D eigenvalue weighted by molar-refractivity contribution is 7.10. The third kappa shape index (κ3) is 4.43. The van der Waals surface area contributed by atoms with Crippen LogP contribution in [0.5, 0.6) is 0 Å². The van der Waals surface area contributed by atoms with Gasteiger partial charge < -0.3 is 10.6 Å². The molecule has 1 heterocycles. The number of benzene rings is 2. The zero-order valence-corrected chi connectivity index (χ0v) is 14.4. The first kappa shape index (κ1) is 17.6. The van der Waals surface area contributed by atoms with E-state index in [2.05, 4.69) is 10.6 Å². The molecule has 0 radical (unpaired) electrons. The zero-order chi connectivity index (χ0) is 18.4. The molecular weight excluding hydrogens is 351 g/mol. The number of rotatable bonds is 5. The maximum atomic E-state index is 13.7. The first-order chi connectivity index (χ1) is 12.6. The monoisotopic (exact) mass is 366 g/mol. The van der Waals surface area contributed by atoms with Crippen molar-refractivity contribution in [1.29, 1.82) is 0 Å². The zero-order valence-electron chi connectivity index (χ0n) is 13.6. The first-order valence-corrected chi connectivity index (χ1v) is 8.69. The van der Waals surface area contributed by atoms with Crippen LogP contribution in [0.4, 0.5) is 15.8 Å². The van der Waals surface area contributed by atoms with Crippen molar-refractivity contribution in [3.63, 3.8) is 0 Å². The number of hydrogen-bond donors (Lipinski definition) is 2. The van der Waals surface area contributed by atoms with E-state index in [0.717, 1.165) is 4.88 Å². The number of carbonyl (C=O) groups excluding carboxylic acids is 2. The lowest BCUT2D eigenvalue weighted by molar-refractivity contribution is -0.111.